The molecule has 11 heavy (non-hydrogen) atoms. The SMILES string of the molecule is CCN(CCCO)C[C@@H](C)O. The number of likely N-dealkylation sites (N-methyl/N-ethyl adjacent to an activating group) is 1. The van der Waals surface area contributed by atoms with Crippen LogP contribution in [0.15, 0.2) is 0 Å². The first kappa shape index (κ1) is 10.9. The summed E-state index contributed by atoms with van der Waals surface area (Å²) >= 11 is 0. The maximum atomic E-state index is 9.05. The second-order valence-corrected chi connectivity index (χ2v) is 2.82. The molecule has 0 aliphatic carbocycles. The Labute approximate surface area is 68.6 Å². The van der Waals surface area contributed by atoms with E-state index in [2.05, 4.69) is 11.8 Å². The summed E-state index contributed by atoms with van der Waals surface area (Å²) < 4.78 is 0. The molecule has 0 aromatic heterocycles. The van der Waals surface area contributed by atoms with E-state index in [0.717, 1.165) is 19.5 Å². The zero-order valence-electron chi connectivity index (χ0n) is 7.45. The van der Waals surface area contributed by atoms with Crippen molar-refractivity contribution in [3.05, 3.63) is 0 Å². The first-order chi connectivity index (χ1) is 5.20. The van der Waals surface area contributed by atoms with Gasteiger partial charge in [-0.1, -0.05) is 6.92 Å². The second-order valence-electron chi connectivity index (χ2n) is 2.82. The van der Waals surface area contributed by atoms with Gasteiger partial charge >= 0.3 is 0 Å². The molecule has 3 heteroatoms. The third-order valence-corrected chi connectivity index (χ3v) is 1.60. The van der Waals surface area contributed by atoms with Crippen LogP contribution in [0.2, 0.25) is 0 Å². The van der Waals surface area contributed by atoms with Crippen molar-refractivity contribution in [2.45, 2.75) is 26.4 Å². The molecule has 0 bridgehead atoms. The number of nitrogens with zero attached hydrogens (tertiary/aromatic N) is 1. The van der Waals surface area contributed by atoms with Gasteiger partial charge < -0.3 is 15.1 Å². The van der Waals surface area contributed by atoms with Crippen molar-refractivity contribution in [2.75, 3.05) is 26.2 Å². The maximum Gasteiger partial charge on any atom is 0.0639 e. The molecule has 0 aliphatic rings. The molecule has 0 amide bonds. The highest BCUT2D eigenvalue weighted by Gasteiger charge is 2.04. The van der Waals surface area contributed by atoms with Gasteiger partial charge in [0.05, 0.1) is 6.10 Å². The largest absolute Gasteiger partial charge is 0.396 e. The van der Waals surface area contributed by atoms with Crippen molar-refractivity contribution < 1.29 is 10.2 Å². The van der Waals surface area contributed by atoms with Crippen LogP contribution in [0.4, 0.5) is 0 Å². The standard InChI is InChI=1S/C8H19NO2/c1-3-9(5-4-6-10)7-8(2)11/h8,10-11H,3-7H2,1-2H3/t8-/m1/s1. The average Bonchev–Trinajstić information content (AvgIpc) is 1.97. The monoisotopic (exact) mass is 161 g/mol. The van der Waals surface area contributed by atoms with Crippen molar-refractivity contribution in [3.63, 3.8) is 0 Å². The van der Waals surface area contributed by atoms with Crippen LogP contribution in [-0.4, -0.2) is 47.5 Å². The molecule has 0 aromatic carbocycles. The minimum Gasteiger partial charge on any atom is -0.396 e. The van der Waals surface area contributed by atoms with Gasteiger partial charge in [0, 0.05) is 19.7 Å². The topological polar surface area (TPSA) is 43.7 Å². The third kappa shape index (κ3) is 6.28. The average molecular weight is 161 g/mol. The Morgan fingerprint density at radius 2 is 2.09 bits per heavy atom. The highest BCUT2D eigenvalue weighted by atomic mass is 16.3. The van der Waals surface area contributed by atoms with Gasteiger partial charge in [0.25, 0.3) is 0 Å². The lowest BCUT2D eigenvalue weighted by Gasteiger charge is -2.20. The Balaban J connectivity index is 3.41. The van der Waals surface area contributed by atoms with Crippen LogP contribution < -0.4 is 0 Å². The quantitative estimate of drug-likeness (QED) is 0.579. The number of rotatable bonds is 6. The van der Waals surface area contributed by atoms with Crippen molar-refractivity contribution in [1.82, 2.24) is 4.90 Å². The minimum atomic E-state index is -0.270. The summed E-state index contributed by atoms with van der Waals surface area (Å²) in [5.74, 6) is 0. The lowest BCUT2D eigenvalue weighted by molar-refractivity contribution is 0.124. The predicted molar refractivity (Wildman–Crippen MR) is 45.5 cm³/mol. The minimum absolute atomic E-state index is 0.232. The molecular weight excluding hydrogens is 142 g/mol. The van der Waals surface area contributed by atoms with Crippen LogP contribution in [-0.2, 0) is 0 Å². The Bertz CT molecular complexity index is 86.2. The van der Waals surface area contributed by atoms with Gasteiger partial charge in [0.1, 0.15) is 0 Å². The fourth-order valence-electron chi connectivity index (χ4n) is 1.05. The van der Waals surface area contributed by atoms with E-state index in [4.69, 9.17) is 10.2 Å². The van der Waals surface area contributed by atoms with Crippen LogP contribution in [0.3, 0.4) is 0 Å². The highest BCUT2D eigenvalue weighted by Crippen LogP contribution is 1.93. The lowest BCUT2D eigenvalue weighted by atomic mass is 10.3. The van der Waals surface area contributed by atoms with Crippen molar-refractivity contribution >= 4 is 0 Å². The summed E-state index contributed by atoms with van der Waals surface area (Å²) in [6, 6.07) is 0. The fourth-order valence-corrected chi connectivity index (χ4v) is 1.05. The fraction of sp³-hybridized carbons (Fsp3) is 1.00. The highest BCUT2D eigenvalue weighted by molar-refractivity contribution is 4.58. The van der Waals surface area contributed by atoms with E-state index in [0.29, 0.717) is 6.54 Å². The summed E-state index contributed by atoms with van der Waals surface area (Å²) in [7, 11) is 0. The van der Waals surface area contributed by atoms with E-state index in [9.17, 15) is 0 Å². The summed E-state index contributed by atoms with van der Waals surface area (Å²) in [5, 5.41) is 17.6. The molecule has 3 nitrogen and oxygen atoms in total. The molecule has 68 valence electrons. The Hall–Kier alpha value is -0.120. The summed E-state index contributed by atoms with van der Waals surface area (Å²) in [5.41, 5.74) is 0. The number of hydrogen-bond donors (Lipinski definition) is 2. The van der Waals surface area contributed by atoms with Gasteiger partial charge in [-0.05, 0) is 19.9 Å². The first-order valence-electron chi connectivity index (χ1n) is 4.22. The van der Waals surface area contributed by atoms with Gasteiger partial charge in [-0.2, -0.15) is 0 Å². The molecule has 0 radical (unpaired) electrons. The molecule has 0 saturated carbocycles. The molecule has 0 saturated heterocycles. The molecule has 0 unspecified atom stereocenters. The maximum absolute atomic E-state index is 9.05. The van der Waals surface area contributed by atoms with Crippen molar-refractivity contribution in [2.24, 2.45) is 0 Å². The van der Waals surface area contributed by atoms with Crippen LogP contribution in [0.5, 0.6) is 0 Å². The number of aliphatic hydroxyl groups excluding tert-OH is 2. The van der Waals surface area contributed by atoms with Crippen molar-refractivity contribution in [1.29, 1.82) is 0 Å². The van der Waals surface area contributed by atoms with Gasteiger partial charge in [0.15, 0.2) is 0 Å². The number of aliphatic hydroxyl groups is 2. The zero-order chi connectivity index (χ0) is 8.69. The summed E-state index contributed by atoms with van der Waals surface area (Å²) in [6.07, 6.45) is 0.522. The van der Waals surface area contributed by atoms with Gasteiger partial charge in [-0.3, -0.25) is 0 Å². The van der Waals surface area contributed by atoms with Gasteiger partial charge in [0.2, 0.25) is 0 Å². The zero-order valence-corrected chi connectivity index (χ0v) is 7.45. The van der Waals surface area contributed by atoms with E-state index in [1.165, 1.54) is 0 Å². The smallest absolute Gasteiger partial charge is 0.0639 e. The van der Waals surface area contributed by atoms with Crippen LogP contribution in [0.1, 0.15) is 20.3 Å². The molecule has 0 rings (SSSR count). The Morgan fingerprint density at radius 1 is 1.45 bits per heavy atom. The van der Waals surface area contributed by atoms with E-state index in [1.807, 2.05) is 0 Å². The van der Waals surface area contributed by atoms with E-state index in [-0.39, 0.29) is 12.7 Å². The summed E-state index contributed by atoms with van der Waals surface area (Å²) in [6.45, 7) is 6.58. The molecule has 2 N–H and O–H groups in total. The van der Waals surface area contributed by atoms with E-state index >= 15 is 0 Å². The molecule has 0 aliphatic heterocycles. The first-order valence-corrected chi connectivity index (χ1v) is 4.22. The van der Waals surface area contributed by atoms with Crippen LogP contribution >= 0.6 is 0 Å². The molecule has 0 aromatic rings. The molecular formula is C8H19NO2. The third-order valence-electron chi connectivity index (χ3n) is 1.60. The van der Waals surface area contributed by atoms with Gasteiger partial charge in [-0.15, -0.1) is 0 Å². The summed E-state index contributed by atoms with van der Waals surface area (Å²) in [4.78, 5) is 2.13. The normalized spacial score (nSPS) is 13.9. The lowest BCUT2D eigenvalue weighted by Crippen LogP contribution is -2.32. The molecule has 0 spiro atoms. The molecule has 0 heterocycles. The second kappa shape index (κ2) is 6.58. The van der Waals surface area contributed by atoms with E-state index in [1.54, 1.807) is 6.92 Å². The van der Waals surface area contributed by atoms with Gasteiger partial charge in [-0.25, -0.2) is 0 Å². The van der Waals surface area contributed by atoms with Crippen LogP contribution in [0.25, 0.3) is 0 Å². The molecule has 0 fully saturated rings. The Morgan fingerprint density at radius 3 is 2.45 bits per heavy atom. The molecule has 1 atom stereocenters. The predicted octanol–water partition coefficient (Wildman–Crippen LogP) is 0.0715. The number of hydrogen-bond acceptors (Lipinski definition) is 3. The van der Waals surface area contributed by atoms with Crippen LogP contribution in [0, 0.1) is 0 Å². The van der Waals surface area contributed by atoms with Crippen molar-refractivity contribution in [3.8, 4) is 0 Å². The Kier molecular flexibility index (Phi) is 6.51. The van der Waals surface area contributed by atoms with E-state index < -0.39 is 0 Å².